The van der Waals surface area contributed by atoms with Crippen molar-refractivity contribution in [3.63, 3.8) is 0 Å². The fourth-order valence-corrected chi connectivity index (χ4v) is 3.41. The normalized spacial score (nSPS) is 11.5. The number of nitrogens with zero attached hydrogens (tertiary/aromatic N) is 1. The van der Waals surface area contributed by atoms with E-state index in [-0.39, 0.29) is 12.7 Å². The van der Waals surface area contributed by atoms with Crippen molar-refractivity contribution in [3.05, 3.63) is 60.7 Å². The Kier molecular flexibility index (Phi) is 9.48. The molecule has 3 rings (SSSR count). The van der Waals surface area contributed by atoms with Gasteiger partial charge in [0.15, 0.2) is 0 Å². The van der Waals surface area contributed by atoms with Gasteiger partial charge in [-0.05, 0) is 73.0 Å². The zero-order valence-corrected chi connectivity index (χ0v) is 21.0. The van der Waals surface area contributed by atoms with Crippen LogP contribution in [0.2, 0.25) is 0 Å². The molecular formula is C28H35NO6. The molecule has 0 aliphatic carbocycles. The standard InChI is InChI=1S/C28H35NO6/c1-28(2,3)35-27(31)29(4)25-10-7-21(8-11-25)22-5-6-24-20-26(12-9-23(24)19-22)34-18-17-33-16-15-32-14-13-30/h5-12,19-20,30H,13-18H2,1-4H3. The van der Waals surface area contributed by atoms with Crippen LogP contribution in [0.1, 0.15) is 20.8 Å². The smallest absolute Gasteiger partial charge is 0.414 e. The first-order valence-electron chi connectivity index (χ1n) is 11.8. The topological polar surface area (TPSA) is 77.5 Å². The van der Waals surface area contributed by atoms with Gasteiger partial charge in [-0.3, -0.25) is 4.90 Å². The summed E-state index contributed by atoms with van der Waals surface area (Å²) >= 11 is 0. The van der Waals surface area contributed by atoms with E-state index < -0.39 is 5.60 Å². The Morgan fingerprint density at radius 2 is 1.40 bits per heavy atom. The Bertz CT molecular complexity index is 1090. The molecule has 0 aliphatic heterocycles. The molecule has 0 aromatic heterocycles. The van der Waals surface area contributed by atoms with Crippen molar-refractivity contribution in [2.45, 2.75) is 26.4 Å². The maximum Gasteiger partial charge on any atom is 0.414 e. The van der Waals surface area contributed by atoms with Crippen molar-refractivity contribution in [2.75, 3.05) is 51.6 Å². The summed E-state index contributed by atoms with van der Waals surface area (Å²) in [6.45, 7) is 7.76. The van der Waals surface area contributed by atoms with Crippen LogP contribution in [0.5, 0.6) is 5.75 Å². The molecule has 0 saturated heterocycles. The molecule has 0 bridgehead atoms. The summed E-state index contributed by atoms with van der Waals surface area (Å²) in [4.78, 5) is 13.8. The van der Waals surface area contributed by atoms with E-state index in [1.54, 1.807) is 7.05 Å². The average Bonchev–Trinajstić information content (AvgIpc) is 2.84. The number of aliphatic hydroxyl groups is 1. The molecule has 0 heterocycles. The van der Waals surface area contributed by atoms with Crippen LogP contribution >= 0.6 is 0 Å². The van der Waals surface area contributed by atoms with Gasteiger partial charge in [-0.15, -0.1) is 0 Å². The van der Waals surface area contributed by atoms with Crippen LogP contribution in [0.4, 0.5) is 10.5 Å². The zero-order valence-electron chi connectivity index (χ0n) is 21.0. The van der Waals surface area contributed by atoms with Gasteiger partial charge in [-0.2, -0.15) is 0 Å². The van der Waals surface area contributed by atoms with Crippen LogP contribution in [0.3, 0.4) is 0 Å². The molecule has 0 saturated carbocycles. The van der Waals surface area contributed by atoms with E-state index in [0.717, 1.165) is 33.3 Å². The van der Waals surface area contributed by atoms with Crippen molar-refractivity contribution in [3.8, 4) is 16.9 Å². The highest BCUT2D eigenvalue weighted by Crippen LogP contribution is 2.28. The minimum Gasteiger partial charge on any atom is -0.491 e. The lowest BCUT2D eigenvalue weighted by Gasteiger charge is -2.24. The largest absolute Gasteiger partial charge is 0.491 e. The molecule has 0 radical (unpaired) electrons. The second kappa shape index (κ2) is 12.5. The number of anilines is 1. The number of benzene rings is 3. The molecule has 35 heavy (non-hydrogen) atoms. The first kappa shape index (κ1) is 26.5. The summed E-state index contributed by atoms with van der Waals surface area (Å²) in [5, 5.41) is 10.9. The lowest BCUT2D eigenvalue weighted by Crippen LogP contribution is -2.34. The van der Waals surface area contributed by atoms with Crippen molar-refractivity contribution in [1.82, 2.24) is 0 Å². The predicted octanol–water partition coefficient (Wildman–Crippen LogP) is 5.28. The maximum absolute atomic E-state index is 12.3. The van der Waals surface area contributed by atoms with Crippen molar-refractivity contribution < 1.29 is 28.8 Å². The molecule has 3 aromatic carbocycles. The molecule has 0 spiro atoms. The fraction of sp³-hybridized carbons (Fsp3) is 0.393. The summed E-state index contributed by atoms with van der Waals surface area (Å²) < 4.78 is 21.8. The van der Waals surface area contributed by atoms with Gasteiger partial charge in [-0.25, -0.2) is 4.79 Å². The second-order valence-corrected chi connectivity index (χ2v) is 9.11. The molecule has 0 atom stereocenters. The van der Waals surface area contributed by atoms with E-state index >= 15 is 0 Å². The Labute approximate surface area is 207 Å². The van der Waals surface area contributed by atoms with E-state index in [1.165, 1.54) is 4.90 Å². The minimum atomic E-state index is -0.536. The second-order valence-electron chi connectivity index (χ2n) is 9.11. The van der Waals surface area contributed by atoms with Gasteiger partial charge in [0.05, 0.1) is 33.0 Å². The van der Waals surface area contributed by atoms with Crippen LogP contribution in [-0.4, -0.2) is 63.5 Å². The van der Waals surface area contributed by atoms with Crippen LogP contribution in [0, 0.1) is 0 Å². The van der Waals surface area contributed by atoms with Gasteiger partial charge in [0.2, 0.25) is 0 Å². The summed E-state index contributed by atoms with van der Waals surface area (Å²) in [6.07, 6.45) is -0.382. The SMILES string of the molecule is CN(C(=O)OC(C)(C)C)c1ccc(-c2ccc3cc(OCCOCCOCCO)ccc3c2)cc1. The predicted molar refractivity (Wildman–Crippen MR) is 138 cm³/mol. The summed E-state index contributed by atoms with van der Waals surface area (Å²) in [7, 11) is 1.71. The number of aliphatic hydroxyl groups excluding tert-OH is 1. The molecule has 1 amide bonds. The number of hydrogen-bond donors (Lipinski definition) is 1. The summed E-state index contributed by atoms with van der Waals surface area (Å²) in [6, 6.07) is 20.2. The maximum atomic E-state index is 12.3. The average molecular weight is 482 g/mol. The quantitative estimate of drug-likeness (QED) is 0.376. The van der Waals surface area contributed by atoms with Gasteiger partial charge < -0.3 is 24.1 Å². The molecule has 7 nitrogen and oxygen atoms in total. The number of amides is 1. The van der Waals surface area contributed by atoms with E-state index in [9.17, 15) is 4.79 Å². The minimum absolute atomic E-state index is 0.0201. The van der Waals surface area contributed by atoms with Crippen LogP contribution < -0.4 is 9.64 Å². The molecular weight excluding hydrogens is 446 g/mol. The van der Waals surface area contributed by atoms with Gasteiger partial charge in [0.25, 0.3) is 0 Å². The zero-order chi connectivity index (χ0) is 25.3. The van der Waals surface area contributed by atoms with Crippen LogP contribution in [0.25, 0.3) is 21.9 Å². The first-order valence-corrected chi connectivity index (χ1v) is 11.8. The lowest BCUT2D eigenvalue weighted by atomic mass is 10.0. The van der Waals surface area contributed by atoms with Gasteiger partial charge in [-0.1, -0.05) is 30.3 Å². The van der Waals surface area contributed by atoms with Crippen molar-refractivity contribution in [2.24, 2.45) is 0 Å². The van der Waals surface area contributed by atoms with Crippen LogP contribution in [-0.2, 0) is 14.2 Å². The Balaban J connectivity index is 1.57. The molecule has 0 unspecified atom stereocenters. The van der Waals surface area contributed by atoms with Gasteiger partial charge >= 0.3 is 6.09 Å². The molecule has 0 aliphatic rings. The van der Waals surface area contributed by atoms with E-state index in [0.29, 0.717) is 33.0 Å². The van der Waals surface area contributed by atoms with Crippen molar-refractivity contribution in [1.29, 1.82) is 0 Å². The highest BCUT2D eigenvalue weighted by atomic mass is 16.6. The molecule has 0 fully saturated rings. The third-order valence-electron chi connectivity index (χ3n) is 5.17. The highest BCUT2D eigenvalue weighted by molar-refractivity contribution is 5.90. The Morgan fingerprint density at radius 1 is 0.800 bits per heavy atom. The number of hydrogen-bond acceptors (Lipinski definition) is 6. The van der Waals surface area contributed by atoms with Gasteiger partial charge in [0.1, 0.15) is 18.0 Å². The number of carbonyl (C=O) groups is 1. The summed E-state index contributed by atoms with van der Waals surface area (Å²) in [5.74, 6) is 0.792. The molecule has 188 valence electrons. The first-order chi connectivity index (χ1) is 16.8. The number of carbonyl (C=O) groups excluding carboxylic acids is 1. The number of ether oxygens (including phenoxy) is 4. The molecule has 3 aromatic rings. The van der Waals surface area contributed by atoms with Crippen LogP contribution in [0.15, 0.2) is 60.7 Å². The Hall–Kier alpha value is -3.13. The van der Waals surface area contributed by atoms with Crippen molar-refractivity contribution >= 4 is 22.6 Å². The molecule has 7 heteroatoms. The third kappa shape index (κ3) is 8.24. The Morgan fingerprint density at radius 3 is 2.09 bits per heavy atom. The van der Waals surface area contributed by atoms with E-state index in [1.807, 2.05) is 63.2 Å². The van der Waals surface area contributed by atoms with E-state index in [2.05, 4.69) is 18.2 Å². The highest BCUT2D eigenvalue weighted by Gasteiger charge is 2.20. The van der Waals surface area contributed by atoms with E-state index in [4.69, 9.17) is 24.1 Å². The summed E-state index contributed by atoms with van der Waals surface area (Å²) in [5.41, 5.74) is 2.39. The third-order valence-corrected chi connectivity index (χ3v) is 5.17. The monoisotopic (exact) mass is 481 g/mol. The number of rotatable bonds is 11. The fourth-order valence-electron chi connectivity index (χ4n) is 3.41. The number of fused-ring (bicyclic) bond motifs is 1. The molecule has 1 N–H and O–H groups in total. The van der Waals surface area contributed by atoms with Gasteiger partial charge in [0, 0.05) is 12.7 Å². The lowest BCUT2D eigenvalue weighted by molar-refractivity contribution is 0.0247.